The first kappa shape index (κ1) is 10.7. The first-order valence-electron chi connectivity index (χ1n) is 4.85. The van der Waals surface area contributed by atoms with Gasteiger partial charge >= 0.3 is 0 Å². The van der Waals surface area contributed by atoms with Gasteiger partial charge in [0.2, 0.25) is 0 Å². The molecule has 2 atom stereocenters. The molecule has 2 unspecified atom stereocenters. The van der Waals surface area contributed by atoms with Gasteiger partial charge in [0.1, 0.15) is 12.2 Å². The van der Waals surface area contributed by atoms with Crippen molar-refractivity contribution in [2.45, 2.75) is 12.2 Å². The minimum atomic E-state index is 0.0587. The predicted octanol–water partition coefficient (Wildman–Crippen LogP) is 4.28. The van der Waals surface area contributed by atoms with Gasteiger partial charge in [-0.3, -0.25) is 0 Å². The van der Waals surface area contributed by atoms with Crippen molar-refractivity contribution in [1.82, 2.24) is 0 Å². The van der Waals surface area contributed by atoms with E-state index in [1.54, 1.807) is 12.1 Å². The molecular weight excluding hydrogens is 266 g/mol. The number of epoxide rings is 1. The first-order valence-corrected chi connectivity index (χ1v) is 5.98. The van der Waals surface area contributed by atoms with E-state index in [0.717, 1.165) is 16.2 Å². The average molecular weight is 274 g/mol. The van der Waals surface area contributed by atoms with Gasteiger partial charge in [0.25, 0.3) is 0 Å². The van der Waals surface area contributed by atoms with Crippen LogP contribution in [0.3, 0.4) is 0 Å². The Hall–Kier alpha value is -0.470. The molecule has 0 saturated carbocycles. The fourth-order valence-corrected chi connectivity index (χ4v) is 2.51. The summed E-state index contributed by atoms with van der Waals surface area (Å²) in [6.07, 6.45) is 4.06. The summed E-state index contributed by atoms with van der Waals surface area (Å²) in [4.78, 5) is 0. The fourth-order valence-electron chi connectivity index (χ4n) is 1.81. The standard InChI is InChI=1S/C12H7Cl3O/c13-7-1-2-9(14)8(5-7)6-3-10(15)12-11(4-6)16-12/h1-5,11-12H. The number of fused-ring (bicyclic) bond motifs is 1. The Morgan fingerprint density at radius 3 is 2.69 bits per heavy atom. The van der Waals surface area contributed by atoms with Gasteiger partial charge in [-0.25, -0.2) is 0 Å². The molecule has 1 nitrogen and oxygen atoms in total. The lowest BCUT2D eigenvalue weighted by Gasteiger charge is -2.09. The fraction of sp³-hybridized carbons (Fsp3) is 0.167. The van der Waals surface area contributed by atoms with Gasteiger partial charge in [0, 0.05) is 15.6 Å². The van der Waals surface area contributed by atoms with Gasteiger partial charge in [-0.15, -0.1) is 0 Å². The van der Waals surface area contributed by atoms with Crippen LogP contribution in [-0.2, 0) is 4.74 Å². The normalized spacial score (nSPS) is 26.9. The minimum Gasteiger partial charge on any atom is -0.359 e. The van der Waals surface area contributed by atoms with E-state index in [-0.39, 0.29) is 12.2 Å². The lowest BCUT2D eigenvalue weighted by atomic mass is 9.99. The monoisotopic (exact) mass is 272 g/mol. The number of hydrogen-bond acceptors (Lipinski definition) is 1. The van der Waals surface area contributed by atoms with Gasteiger partial charge in [-0.1, -0.05) is 34.8 Å². The molecule has 1 aliphatic heterocycles. The van der Waals surface area contributed by atoms with E-state index >= 15 is 0 Å². The van der Waals surface area contributed by atoms with Crippen LogP contribution in [0, 0.1) is 0 Å². The summed E-state index contributed by atoms with van der Waals surface area (Å²) in [5.74, 6) is 0. The Labute approximate surface area is 108 Å². The molecule has 3 rings (SSSR count). The van der Waals surface area contributed by atoms with Crippen molar-refractivity contribution in [3.05, 3.63) is 51.0 Å². The summed E-state index contributed by atoms with van der Waals surface area (Å²) in [6.45, 7) is 0. The number of allylic oxidation sites excluding steroid dienone is 2. The van der Waals surface area contributed by atoms with Gasteiger partial charge < -0.3 is 4.74 Å². The molecule has 0 radical (unpaired) electrons. The van der Waals surface area contributed by atoms with Gasteiger partial charge in [0.15, 0.2) is 0 Å². The van der Waals surface area contributed by atoms with Crippen molar-refractivity contribution in [3.8, 4) is 0 Å². The van der Waals surface area contributed by atoms with Crippen LogP contribution in [0.2, 0.25) is 10.0 Å². The van der Waals surface area contributed by atoms with E-state index in [4.69, 9.17) is 39.5 Å². The second-order valence-electron chi connectivity index (χ2n) is 3.80. The molecular formula is C12H7Cl3O. The molecule has 0 aromatic heterocycles. The molecule has 0 spiro atoms. The molecule has 1 aromatic carbocycles. The molecule has 4 heteroatoms. The smallest absolute Gasteiger partial charge is 0.124 e. The number of rotatable bonds is 1. The maximum Gasteiger partial charge on any atom is 0.124 e. The Bertz CT molecular complexity index is 519. The summed E-state index contributed by atoms with van der Waals surface area (Å²) in [6, 6.07) is 5.37. The van der Waals surface area contributed by atoms with Crippen LogP contribution in [0.15, 0.2) is 35.4 Å². The van der Waals surface area contributed by atoms with E-state index in [0.29, 0.717) is 10.0 Å². The summed E-state index contributed by atoms with van der Waals surface area (Å²) in [7, 11) is 0. The number of hydrogen-bond donors (Lipinski definition) is 0. The highest BCUT2D eigenvalue weighted by Crippen LogP contribution is 2.41. The zero-order valence-corrected chi connectivity index (χ0v) is 10.4. The van der Waals surface area contributed by atoms with Crippen LogP contribution in [-0.4, -0.2) is 12.2 Å². The Morgan fingerprint density at radius 1 is 1.12 bits per heavy atom. The molecule has 1 aromatic rings. The van der Waals surface area contributed by atoms with Crippen molar-refractivity contribution < 1.29 is 4.74 Å². The molecule has 82 valence electrons. The third kappa shape index (κ3) is 1.78. The van der Waals surface area contributed by atoms with Crippen molar-refractivity contribution in [2.75, 3.05) is 0 Å². The summed E-state index contributed by atoms with van der Waals surface area (Å²) in [5.41, 5.74) is 1.86. The Balaban J connectivity index is 2.07. The quantitative estimate of drug-likeness (QED) is 0.696. The van der Waals surface area contributed by atoms with E-state index in [2.05, 4.69) is 0 Å². The zero-order valence-electron chi connectivity index (χ0n) is 8.08. The maximum atomic E-state index is 6.13. The molecule has 1 heterocycles. The highest BCUT2D eigenvalue weighted by Gasteiger charge is 2.42. The number of benzene rings is 1. The second kappa shape index (κ2) is 3.78. The average Bonchev–Trinajstić information content (AvgIpc) is 3.01. The van der Waals surface area contributed by atoms with Crippen LogP contribution in [0.5, 0.6) is 0 Å². The lowest BCUT2D eigenvalue weighted by Crippen LogP contribution is -1.99. The zero-order chi connectivity index (χ0) is 11.3. The molecule has 0 bridgehead atoms. The predicted molar refractivity (Wildman–Crippen MR) is 67.0 cm³/mol. The molecule has 0 amide bonds. The Morgan fingerprint density at radius 2 is 1.94 bits per heavy atom. The highest BCUT2D eigenvalue weighted by atomic mass is 35.5. The molecule has 0 N–H and O–H groups in total. The third-order valence-electron chi connectivity index (χ3n) is 2.67. The summed E-state index contributed by atoms with van der Waals surface area (Å²) < 4.78 is 5.36. The van der Waals surface area contributed by atoms with E-state index in [1.807, 2.05) is 18.2 Å². The van der Waals surface area contributed by atoms with Crippen LogP contribution in [0.1, 0.15) is 5.56 Å². The van der Waals surface area contributed by atoms with Crippen LogP contribution < -0.4 is 0 Å². The summed E-state index contributed by atoms with van der Waals surface area (Å²) in [5, 5.41) is 2.04. The van der Waals surface area contributed by atoms with E-state index in [9.17, 15) is 0 Å². The van der Waals surface area contributed by atoms with Crippen molar-refractivity contribution in [1.29, 1.82) is 0 Å². The van der Waals surface area contributed by atoms with Crippen LogP contribution >= 0.6 is 34.8 Å². The molecule has 16 heavy (non-hydrogen) atoms. The maximum absolute atomic E-state index is 6.13. The number of ether oxygens (including phenoxy) is 1. The SMILES string of the molecule is ClC1=CC(c2cc(Cl)ccc2Cl)=CC2OC12. The topological polar surface area (TPSA) is 12.5 Å². The minimum absolute atomic E-state index is 0.0587. The molecule has 1 fully saturated rings. The second-order valence-corrected chi connectivity index (χ2v) is 5.08. The first-order chi connectivity index (χ1) is 7.65. The van der Waals surface area contributed by atoms with Crippen molar-refractivity contribution in [2.24, 2.45) is 0 Å². The van der Waals surface area contributed by atoms with Crippen LogP contribution in [0.4, 0.5) is 0 Å². The molecule has 1 saturated heterocycles. The van der Waals surface area contributed by atoms with Gasteiger partial charge in [-0.05, 0) is 35.9 Å². The highest BCUT2D eigenvalue weighted by molar-refractivity contribution is 6.35. The largest absolute Gasteiger partial charge is 0.359 e. The van der Waals surface area contributed by atoms with Crippen molar-refractivity contribution >= 4 is 40.4 Å². The van der Waals surface area contributed by atoms with Gasteiger partial charge in [0.05, 0.1) is 5.03 Å². The van der Waals surface area contributed by atoms with Gasteiger partial charge in [-0.2, -0.15) is 0 Å². The summed E-state index contributed by atoms with van der Waals surface area (Å²) >= 11 is 18.1. The third-order valence-corrected chi connectivity index (χ3v) is 3.56. The Kier molecular flexibility index (Phi) is 2.52. The van der Waals surface area contributed by atoms with Crippen molar-refractivity contribution in [3.63, 3.8) is 0 Å². The lowest BCUT2D eigenvalue weighted by molar-refractivity contribution is 0.412. The number of halogens is 3. The van der Waals surface area contributed by atoms with E-state index < -0.39 is 0 Å². The van der Waals surface area contributed by atoms with Crippen LogP contribution in [0.25, 0.3) is 5.57 Å². The van der Waals surface area contributed by atoms with E-state index in [1.165, 1.54) is 0 Å². The molecule has 2 aliphatic rings. The molecule has 1 aliphatic carbocycles.